The van der Waals surface area contributed by atoms with Crippen LogP contribution in [0.25, 0.3) is 66.6 Å². The maximum Gasteiger partial charge on any atom is 0.178 e. The van der Waals surface area contributed by atoms with Crippen molar-refractivity contribution >= 4 is 66.6 Å². The number of pyridine rings is 6. The fourth-order valence-corrected chi connectivity index (χ4v) is 13.7. The van der Waals surface area contributed by atoms with Gasteiger partial charge in [-0.05, 0) is 272 Å². The molecule has 0 unspecified atom stereocenters. The molecule has 0 bridgehead atoms. The zero-order valence-corrected chi connectivity index (χ0v) is 77.5. The minimum atomic E-state index is 0.843. The van der Waals surface area contributed by atoms with E-state index in [1.807, 2.05) is 216 Å². The fourth-order valence-electron chi connectivity index (χ4n) is 13.7. The molecule has 0 spiro atoms. The van der Waals surface area contributed by atoms with Gasteiger partial charge in [-0.3, -0.25) is 24.9 Å². The summed E-state index contributed by atoms with van der Waals surface area (Å²) in [5.41, 5.74) is 41.7. The first kappa shape index (κ1) is 100. The zero-order valence-electron chi connectivity index (χ0n) is 77.5. The Balaban J connectivity index is 0.000000623. The van der Waals surface area contributed by atoms with E-state index in [-0.39, 0.29) is 0 Å². The van der Waals surface area contributed by atoms with Crippen molar-refractivity contribution in [2.24, 2.45) is 28.2 Å². The third-order valence-electron chi connectivity index (χ3n) is 19.8. The molecule has 12 aromatic rings. The third-order valence-corrected chi connectivity index (χ3v) is 19.8. The van der Waals surface area contributed by atoms with E-state index >= 15 is 0 Å². The van der Waals surface area contributed by atoms with E-state index in [1.165, 1.54) is 139 Å². The second-order valence-electron chi connectivity index (χ2n) is 26.5. The van der Waals surface area contributed by atoms with Crippen LogP contribution in [0.5, 0.6) is 0 Å². The van der Waals surface area contributed by atoms with E-state index in [2.05, 4.69) is 221 Å². The summed E-state index contributed by atoms with van der Waals surface area (Å²) in [6.45, 7) is 74.5. The van der Waals surface area contributed by atoms with Gasteiger partial charge in [0, 0.05) is 94.8 Å². The van der Waals surface area contributed by atoms with Crippen LogP contribution in [0.1, 0.15) is 279 Å². The molecule has 0 fully saturated rings. The van der Waals surface area contributed by atoms with Gasteiger partial charge in [0.15, 0.2) is 5.65 Å². The SMILES string of the molecule is CC.CC.CC.CC.CC.CC.CC.CC.CC1=C(C)c2c(C)cccc2C1.CC1=C(C)c2c(C)ccnc2C1.CC1=C(C)c2c(C)cncc2C1.CC1=C(C)c2c(ccnc2C)C1.Cc1cccc2nc(C)n(C)c12.Cc1ccnc2nc(C)n(C)c12.Cc1cncc2nc(C)n(C)c12.Cc1nccc2nc(C)n(C)c12. The van der Waals surface area contributed by atoms with Crippen LogP contribution in [0.15, 0.2) is 133 Å². The number of aromatic nitrogens is 14. The van der Waals surface area contributed by atoms with Crippen LogP contribution in [-0.4, -0.2) is 68.1 Å². The number of nitrogens with zero attached hydrogens (tertiary/aromatic N) is 14. The summed E-state index contributed by atoms with van der Waals surface area (Å²) in [7, 11) is 8.11. The Morgan fingerprint density at radius 3 is 1.12 bits per heavy atom. The van der Waals surface area contributed by atoms with Crippen LogP contribution in [0.2, 0.25) is 0 Å². The number of benzene rings is 2. The Bertz CT molecular complexity index is 4420. The Kier molecular flexibility index (Phi) is 44.9. The van der Waals surface area contributed by atoms with Crippen molar-refractivity contribution in [3.05, 3.63) is 245 Å². The monoisotopic (exact) mass is 1520 g/mol. The van der Waals surface area contributed by atoms with Crippen molar-refractivity contribution in [2.75, 3.05) is 0 Å². The lowest BCUT2D eigenvalue weighted by Crippen LogP contribution is -1.93. The van der Waals surface area contributed by atoms with E-state index in [0.29, 0.717) is 0 Å². The zero-order chi connectivity index (χ0) is 85.7. The lowest BCUT2D eigenvalue weighted by atomic mass is 10.0. The molecule has 0 amide bonds. The molecule has 608 valence electrons. The number of aryl methyl sites for hydroxylation is 16. The summed E-state index contributed by atoms with van der Waals surface area (Å²) in [6, 6.07) is 21.0. The molecule has 14 heteroatoms. The molecular formula is C98H146N14. The van der Waals surface area contributed by atoms with E-state index < -0.39 is 0 Å². The number of rotatable bonds is 0. The smallest absolute Gasteiger partial charge is 0.178 e. The molecule has 0 saturated heterocycles. The predicted molar refractivity (Wildman–Crippen MR) is 491 cm³/mol. The van der Waals surface area contributed by atoms with E-state index in [9.17, 15) is 0 Å². The van der Waals surface area contributed by atoms with Crippen molar-refractivity contribution in [1.29, 1.82) is 0 Å². The summed E-state index contributed by atoms with van der Waals surface area (Å²) in [4.78, 5) is 42.9. The molecule has 0 radical (unpaired) electrons. The van der Waals surface area contributed by atoms with Gasteiger partial charge < -0.3 is 18.3 Å². The molecule has 2 aromatic carbocycles. The molecule has 4 aliphatic carbocycles. The molecule has 10 heterocycles. The van der Waals surface area contributed by atoms with Gasteiger partial charge in [-0.25, -0.2) is 24.9 Å². The maximum absolute atomic E-state index is 4.44. The van der Waals surface area contributed by atoms with Crippen LogP contribution in [0.3, 0.4) is 0 Å². The first-order valence-electron chi connectivity index (χ1n) is 41.3. The molecule has 0 N–H and O–H groups in total. The number of imidazole rings is 4. The average molecular weight is 1520 g/mol. The van der Waals surface area contributed by atoms with Gasteiger partial charge in [-0.15, -0.1) is 0 Å². The highest BCUT2D eigenvalue weighted by Crippen LogP contribution is 2.37. The van der Waals surface area contributed by atoms with Gasteiger partial charge >= 0.3 is 0 Å². The number of hydrogen-bond acceptors (Lipinski definition) is 10. The lowest BCUT2D eigenvalue weighted by Gasteiger charge is -2.04. The molecule has 0 saturated carbocycles. The van der Waals surface area contributed by atoms with Gasteiger partial charge in [-0.2, -0.15) is 0 Å². The number of para-hydroxylation sites is 1. The Morgan fingerprint density at radius 1 is 0.259 bits per heavy atom. The molecule has 10 aromatic heterocycles. The summed E-state index contributed by atoms with van der Waals surface area (Å²) in [6.07, 6.45) is 19.4. The average Bonchev–Trinajstić information content (AvgIpc) is 1.74. The lowest BCUT2D eigenvalue weighted by molar-refractivity contribution is 0.880. The predicted octanol–water partition coefficient (Wildman–Crippen LogP) is 26.7. The molecule has 112 heavy (non-hydrogen) atoms. The standard InChI is InChI=1S/C12H14.3C11H13N.C10H12N2.3C9H11N3.8C2H6/c1-8-5-4-6-11-7-9(2)10(3)12(8)11;1-7-4-10-6-12-5-8(2)11(10)9(7)3;1-7-6-10-4-5-12-9(3)11(10)8(7)2;1-7-4-5-12-10-6-8(2)9(3)11(7)10;1-7-5-4-6-9-10(7)12(3)8(2)11-9;1-6-4-10-5-8-9(6)12(3)7(2)11-8;1-6-9-8(4-5-10-6)11-7(2)12(9)3;1-6-4-5-10-9-8(6)12(3)7(2)11-9;8*1-2/h4-6H,7H2,1-3H3;5-6H,4H2,1-3H3;2*4-5H,6H2,1-3H3;4-6H,1-3H3;3*4-5H,1-3H3;8*1-2H3. The molecule has 0 aliphatic heterocycles. The quantitative estimate of drug-likeness (QED) is 0.144. The summed E-state index contributed by atoms with van der Waals surface area (Å²) >= 11 is 0. The molecule has 16 rings (SSSR count). The molecule has 0 atom stereocenters. The largest absolute Gasteiger partial charge is 0.331 e. The summed E-state index contributed by atoms with van der Waals surface area (Å²) in [5, 5.41) is 0. The van der Waals surface area contributed by atoms with Gasteiger partial charge in [0.25, 0.3) is 0 Å². The van der Waals surface area contributed by atoms with E-state index in [0.717, 1.165) is 87.9 Å². The van der Waals surface area contributed by atoms with Crippen molar-refractivity contribution in [3.63, 3.8) is 0 Å². The van der Waals surface area contributed by atoms with Gasteiger partial charge in [0.1, 0.15) is 28.8 Å². The van der Waals surface area contributed by atoms with Crippen LogP contribution in [-0.2, 0) is 53.9 Å². The van der Waals surface area contributed by atoms with Crippen molar-refractivity contribution in [3.8, 4) is 0 Å². The van der Waals surface area contributed by atoms with Gasteiger partial charge in [0.2, 0.25) is 0 Å². The number of allylic oxidation sites excluding steroid dienone is 8. The normalized spacial score (nSPS) is 11.6. The highest BCUT2D eigenvalue weighted by molar-refractivity contribution is 5.82. The molecule has 14 nitrogen and oxygen atoms in total. The minimum Gasteiger partial charge on any atom is -0.331 e. The van der Waals surface area contributed by atoms with Crippen LogP contribution >= 0.6 is 0 Å². The first-order valence-corrected chi connectivity index (χ1v) is 41.3. The van der Waals surface area contributed by atoms with E-state index in [4.69, 9.17) is 0 Å². The second-order valence-corrected chi connectivity index (χ2v) is 26.5. The van der Waals surface area contributed by atoms with Crippen molar-refractivity contribution < 1.29 is 0 Å². The van der Waals surface area contributed by atoms with Crippen molar-refractivity contribution in [2.45, 2.75) is 275 Å². The van der Waals surface area contributed by atoms with Crippen LogP contribution in [0.4, 0.5) is 0 Å². The topological polar surface area (TPSA) is 149 Å². The van der Waals surface area contributed by atoms with Gasteiger partial charge in [-0.1, -0.05) is 163 Å². The number of fused-ring (bicyclic) bond motifs is 8. The van der Waals surface area contributed by atoms with E-state index in [1.54, 1.807) is 18.6 Å². The molecular weight excluding hydrogens is 1370 g/mol. The number of hydrogen-bond donors (Lipinski definition) is 0. The van der Waals surface area contributed by atoms with Crippen LogP contribution < -0.4 is 0 Å². The maximum atomic E-state index is 4.44. The minimum absolute atomic E-state index is 0.843. The summed E-state index contributed by atoms with van der Waals surface area (Å²) in [5.74, 6) is 4.13. The van der Waals surface area contributed by atoms with Gasteiger partial charge in [0.05, 0.1) is 50.7 Å². The van der Waals surface area contributed by atoms with Crippen LogP contribution in [0, 0.1) is 83.1 Å². The first-order chi connectivity index (χ1) is 53.6. The van der Waals surface area contributed by atoms with Crippen molar-refractivity contribution in [1.82, 2.24) is 68.1 Å². The Morgan fingerprint density at radius 2 is 0.625 bits per heavy atom. The highest BCUT2D eigenvalue weighted by atomic mass is 15.1. The Hall–Kier alpha value is -9.82. The summed E-state index contributed by atoms with van der Waals surface area (Å²) < 4.78 is 8.35. The third kappa shape index (κ3) is 25.1. The Labute approximate surface area is 679 Å². The second kappa shape index (κ2) is 50.2. The highest BCUT2D eigenvalue weighted by Gasteiger charge is 2.21. The molecule has 4 aliphatic rings. The fraction of sp³-hybridized carbons (Fsp3) is 0.449.